The predicted molar refractivity (Wildman–Crippen MR) is 114 cm³/mol. The van der Waals surface area contributed by atoms with Crippen LogP contribution in [-0.4, -0.2) is 55.6 Å². The Labute approximate surface area is 187 Å². The summed E-state index contributed by atoms with van der Waals surface area (Å²) in [4.78, 5) is 17.0. The first-order chi connectivity index (χ1) is 15.7. The molecule has 2 heterocycles. The molecule has 3 aromatic rings. The quantitative estimate of drug-likeness (QED) is 0.617. The zero-order valence-electron chi connectivity index (χ0n) is 17.6. The average Bonchev–Trinajstić information content (AvgIpc) is 3.19. The van der Waals surface area contributed by atoms with Crippen LogP contribution in [0.2, 0.25) is 0 Å². The van der Waals surface area contributed by atoms with Crippen molar-refractivity contribution < 1.29 is 32.0 Å². The van der Waals surface area contributed by atoms with Gasteiger partial charge in [0.05, 0.1) is 7.11 Å². The number of alkyl halides is 3. The molecule has 1 aliphatic heterocycles. The van der Waals surface area contributed by atoms with Crippen molar-refractivity contribution in [2.45, 2.75) is 6.36 Å². The Hall–Kier alpha value is -3.89. The number of aromatic nitrogens is 1. The van der Waals surface area contributed by atoms with Gasteiger partial charge in [0, 0.05) is 43.5 Å². The normalized spacial score (nSPS) is 14.3. The fourth-order valence-electron chi connectivity index (χ4n) is 3.65. The summed E-state index contributed by atoms with van der Waals surface area (Å²) >= 11 is 0. The number of carbonyl (C=O) groups is 1. The van der Waals surface area contributed by atoms with Crippen LogP contribution < -0.4 is 20.1 Å². The Balaban J connectivity index is 1.48. The maximum atomic E-state index is 13.2. The van der Waals surface area contributed by atoms with Gasteiger partial charge in [0.25, 0.3) is 5.91 Å². The number of piperazine rings is 1. The Kier molecular flexibility index (Phi) is 6.03. The number of rotatable bonds is 5. The van der Waals surface area contributed by atoms with Crippen molar-refractivity contribution in [3.8, 4) is 22.8 Å². The predicted octanol–water partition coefficient (Wildman–Crippen LogP) is 3.79. The van der Waals surface area contributed by atoms with Crippen LogP contribution in [-0.2, 0) is 0 Å². The third-order valence-corrected chi connectivity index (χ3v) is 5.28. The number of hydrogen-bond donors (Lipinski definition) is 1. The summed E-state index contributed by atoms with van der Waals surface area (Å²) in [7, 11) is 1.60. The summed E-state index contributed by atoms with van der Waals surface area (Å²) in [6.45, 7) is 2.09. The number of anilines is 2. The van der Waals surface area contributed by atoms with E-state index in [0.717, 1.165) is 23.6 Å². The fraction of sp³-hybridized carbons (Fsp3) is 0.273. The van der Waals surface area contributed by atoms with Crippen LogP contribution in [0.4, 0.5) is 24.7 Å². The molecule has 1 amide bonds. The summed E-state index contributed by atoms with van der Waals surface area (Å²) in [5, 5.41) is 3.85. The van der Waals surface area contributed by atoms with E-state index in [0.29, 0.717) is 31.7 Å². The van der Waals surface area contributed by atoms with Crippen LogP contribution in [0.5, 0.6) is 11.5 Å². The van der Waals surface area contributed by atoms with Gasteiger partial charge in [-0.1, -0.05) is 11.2 Å². The lowest BCUT2D eigenvalue weighted by Crippen LogP contribution is -2.49. The summed E-state index contributed by atoms with van der Waals surface area (Å²) in [5.41, 5.74) is 7.48. The number of benzene rings is 2. The van der Waals surface area contributed by atoms with Crippen LogP contribution in [0.25, 0.3) is 11.3 Å². The Bertz CT molecular complexity index is 1120. The first-order valence-corrected chi connectivity index (χ1v) is 10.0. The first-order valence-electron chi connectivity index (χ1n) is 10.0. The lowest BCUT2D eigenvalue weighted by Gasteiger charge is -2.36. The van der Waals surface area contributed by atoms with E-state index in [-0.39, 0.29) is 28.8 Å². The maximum Gasteiger partial charge on any atom is 0.573 e. The summed E-state index contributed by atoms with van der Waals surface area (Å²) in [6, 6.07) is 12.7. The number of nitrogen functional groups attached to an aromatic ring is 1. The van der Waals surface area contributed by atoms with Crippen molar-refractivity contribution in [1.29, 1.82) is 0 Å². The molecule has 174 valence electrons. The molecule has 1 saturated heterocycles. The molecule has 0 spiro atoms. The first kappa shape index (κ1) is 22.3. The van der Waals surface area contributed by atoms with Gasteiger partial charge in [-0.3, -0.25) is 4.79 Å². The van der Waals surface area contributed by atoms with Crippen molar-refractivity contribution in [3.05, 3.63) is 54.1 Å². The average molecular weight is 462 g/mol. The number of amides is 1. The highest BCUT2D eigenvalue weighted by Crippen LogP contribution is 2.31. The summed E-state index contributed by atoms with van der Waals surface area (Å²) in [5.74, 6) is -0.144. The van der Waals surface area contributed by atoms with Gasteiger partial charge in [-0.2, -0.15) is 0 Å². The number of nitrogens with two attached hydrogens (primary N) is 1. The highest BCUT2D eigenvalue weighted by atomic mass is 19.4. The number of hydrogen-bond acceptors (Lipinski definition) is 7. The fourth-order valence-corrected chi connectivity index (χ4v) is 3.65. The lowest BCUT2D eigenvalue weighted by atomic mass is 10.1. The largest absolute Gasteiger partial charge is 0.573 e. The number of nitrogens with zero attached hydrogens (tertiary/aromatic N) is 3. The van der Waals surface area contributed by atoms with Crippen LogP contribution in [0.1, 0.15) is 10.4 Å². The van der Waals surface area contributed by atoms with Gasteiger partial charge in [-0.25, -0.2) is 0 Å². The monoisotopic (exact) mass is 462 g/mol. The Morgan fingerprint density at radius 2 is 1.76 bits per heavy atom. The third-order valence-electron chi connectivity index (χ3n) is 5.28. The maximum absolute atomic E-state index is 13.2. The number of carbonyl (C=O) groups excluding carboxylic acids is 1. The minimum Gasteiger partial charge on any atom is -0.497 e. The van der Waals surface area contributed by atoms with Gasteiger partial charge in [-0.05, 0) is 36.4 Å². The molecule has 2 aromatic carbocycles. The topological polar surface area (TPSA) is 94.1 Å². The summed E-state index contributed by atoms with van der Waals surface area (Å²) < 4.78 is 51.4. The van der Waals surface area contributed by atoms with Crippen molar-refractivity contribution in [1.82, 2.24) is 10.1 Å². The van der Waals surface area contributed by atoms with E-state index in [9.17, 15) is 18.0 Å². The van der Waals surface area contributed by atoms with Crippen molar-refractivity contribution in [3.63, 3.8) is 0 Å². The van der Waals surface area contributed by atoms with Gasteiger partial charge in [0.2, 0.25) is 5.88 Å². The highest BCUT2D eigenvalue weighted by molar-refractivity contribution is 6.03. The molecular weight excluding hydrogens is 441 g/mol. The molecule has 11 heteroatoms. The molecule has 0 radical (unpaired) electrons. The molecule has 0 unspecified atom stereocenters. The molecule has 0 atom stereocenters. The Morgan fingerprint density at radius 1 is 1.06 bits per heavy atom. The SMILES string of the molecule is COc1cccc(N2CCN(C(=O)c3c(-c4ccc(OC(F)(F)F)cc4)noc3N)CC2)c1. The van der Waals surface area contributed by atoms with Crippen molar-refractivity contribution in [2.75, 3.05) is 43.9 Å². The molecule has 0 bridgehead atoms. The third kappa shape index (κ3) is 4.97. The second-order valence-corrected chi connectivity index (χ2v) is 7.32. The molecular formula is C22H21F3N4O4. The second-order valence-electron chi connectivity index (χ2n) is 7.32. The number of ether oxygens (including phenoxy) is 2. The molecule has 4 rings (SSSR count). The van der Waals surface area contributed by atoms with Crippen LogP contribution in [0, 0.1) is 0 Å². The minimum absolute atomic E-state index is 0.0781. The highest BCUT2D eigenvalue weighted by Gasteiger charge is 2.32. The van der Waals surface area contributed by atoms with E-state index in [1.807, 2.05) is 24.3 Å². The minimum atomic E-state index is -4.80. The smallest absolute Gasteiger partial charge is 0.497 e. The Morgan fingerprint density at radius 3 is 2.39 bits per heavy atom. The molecule has 1 fully saturated rings. The molecule has 0 saturated carbocycles. The molecule has 8 nitrogen and oxygen atoms in total. The van der Waals surface area contributed by atoms with E-state index in [2.05, 4.69) is 14.8 Å². The summed E-state index contributed by atoms with van der Waals surface area (Å²) in [6.07, 6.45) is -4.80. The van der Waals surface area contributed by atoms with Crippen LogP contribution >= 0.6 is 0 Å². The van der Waals surface area contributed by atoms with Gasteiger partial charge >= 0.3 is 6.36 Å². The van der Waals surface area contributed by atoms with E-state index in [4.69, 9.17) is 15.0 Å². The molecule has 1 aliphatic rings. The van der Waals surface area contributed by atoms with E-state index in [1.54, 1.807) is 12.0 Å². The molecule has 0 aliphatic carbocycles. The van der Waals surface area contributed by atoms with E-state index >= 15 is 0 Å². The standard InChI is InChI=1S/C22H21F3N4O4/c1-31-17-4-2-3-15(13-17)28-9-11-29(12-10-28)21(30)18-19(27-33-20(18)26)14-5-7-16(8-6-14)32-22(23,24)25/h2-8,13H,9-12,26H2,1H3. The molecule has 2 N–H and O–H groups in total. The zero-order chi connectivity index (χ0) is 23.6. The second kappa shape index (κ2) is 8.93. The van der Waals surface area contributed by atoms with Crippen molar-refractivity contribution >= 4 is 17.5 Å². The van der Waals surface area contributed by atoms with Crippen molar-refractivity contribution in [2.24, 2.45) is 0 Å². The lowest BCUT2D eigenvalue weighted by molar-refractivity contribution is -0.274. The van der Waals surface area contributed by atoms with Gasteiger partial charge in [0.15, 0.2) is 0 Å². The zero-order valence-corrected chi connectivity index (χ0v) is 17.6. The van der Waals surface area contributed by atoms with E-state index < -0.39 is 6.36 Å². The van der Waals surface area contributed by atoms with Gasteiger partial charge in [0.1, 0.15) is 22.8 Å². The molecule has 1 aromatic heterocycles. The number of methoxy groups -OCH3 is 1. The number of halogens is 3. The van der Waals surface area contributed by atoms with Crippen LogP contribution in [0.3, 0.4) is 0 Å². The van der Waals surface area contributed by atoms with Gasteiger partial charge < -0.3 is 29.5 Å². The van der Waals surface area contributed by atoms with Crippen LogP contribution in [0.15, 0.2) is 53.1 Å². The van der Waals surface area contributed by atoms with E-state index in [1.165, 1.54) is 12.1 Å². The van der Waals surface area contributed by atoms with Gasteiger partial charge in [-0.15, -0.1) is 13.2 Å². The molecule has 33 heavy (non-hydrogen) atoms.